The Morgan fingerprint density at radius 2 is 1.27 bits per heavy atom. The molecule has 4 aromatic rings. The lowest BCUT2D eigenvalue weighted by molar-refractivity contribution is -0.140. The first-order chi connectivity index (χ1) is 20.8. The van der Waals surface area contributed by atoms with E-state index in [9.17, 15) is 26.8 Å². The minimum Gasteiger partial charge on any atom is -0.350 e. The molecule has 2 amide bonds. The fourth-order valence-corrected chi connectivity index (χ4v) is 6.08. The maximum absolute atomic E-state index is 14.3. The van der Waals surface area contributed by atoms with Crippen molar-refractivity contribution in [3.8, 4) is 0 Å². The topological polar surface area (TPSA) is 86.8 Å². The highest BCUT2D eigenvalue weighted by atomic mass is 32.2. The smallest absolute Gasteiger partial charge is 0.264 e. The lowest BCUT2D eigenvalue weighted by atomic mass is 10.0. The summed E-state index contributed by atoms with van der Waals surface area (Å²) in [5, 5.41) is 2.95. The Morgan fingerprint density at radius 3 is 1.82 bits per heavy atom. The van der Waals surface area contributed by atoms with Gasteiger partial charge in [0.2, 0.25) is 11.8 Å². The van der Waals surface area contributed by atoms with Gasteiger partial charge in [-0.3, -0.25) is 13.9 Å². The third-order valence-corrected chi connectivity index (χ3v) is 8.55. The van der Waals surface area contributed by atoms with E-state index in [1.165, 1.54) is 53.4 Å². The van der Waals surface area contributed by atoms with Gasteiger partial charge in [0.15, 0.2) is 0 Å². The molecule has 0 radical (unpaired) electrons. The van der Waals surface area contributed by atoms with E-state index in [1.807, 2.05) is 51.1 Å². The minimum absolute atomic E-state index is 0.0616. The molecule has 0 saturated carbocycles. The number of nitrogens with one attached hydrogen (secondary N) is 1. The van der Waals surface area contributed by atoms with Crippen LogP contribution in [0.1, 0.15) is 31.9 Å². The van der Waals surface area contributed by atoms with Crippen LogP contribution in [0.3, 0.4) is 0 Å². The summed E-state index contributed by atoms with van der Waals surface area (Å²) in [6.45, 7) is 4.67. The summed E-state index contributed by atoms with van der Waals surface area (Å²) < 4.78 is 56.3. The van der Waals surface area contributed by atoms with Crippen molar-refractivity contribution in [1.82, 2.24) is 10.2 Å². The van der Waals surface area contributed by atoms with Gasteiger partial charge in [0.1, 0.15) is 24.2 Å². The second-order valence-electron chi connectivity index (χ2n) is 11.4. The first-order valence-electron chi connectivity index (χ1n) is 14.1. The van der Waals surface area contributed by atoms with Gasteiger partial charge in [-0.05, 0) is 80.4 Å². The second-order valence-corrected chi connectivity index (χ2v) is 13.3. The number of sulfonamides is 1. The van der Waals surface area contributed by atoms with E-state index >= 15 is 0 Å². The SMILES string of the molecule is CC(C)(C)NC(=O)[C@H](Cc1ccccc1)N(Cc1ccc(F)cc1)C(=O)CN(c1ccc(F)cc1)S(=O)(=O)c1ccccc1. The van der Waals surface area contributed by atoms with Crippen molar-refractivity contribution >= 4 is 27.5 Å². The molecule has 0 saturated heterocycles. The predicted octanol–water partition coefficient (Wildman–Crippen LogP) is 5.71. The summed E-state index contributed by atoms with van der Waals surface area (Å²) >= 11 is 0. The van der Waals surface area contributed by atoms with E-state index in [4.69, 9.17) is 0 Å². The Bertz CT molecular complexity index is 1660. The number of amides is 2. The number of hydrogen-bond donors (Lipinski definition) is 1. The van der Waals surface area contributed by atoms with E-state index < -0.39 is 51.6 Å². The average Bonchev–Trinajstić information content (AvgIpc) is 2.99. The Balaban J connectivity index is 1.80. The van der Waals surface area contributed by atoms with Gasteiger partial charge in [-0.2, -0.15) is 0 Å². The number of hydrogen-bond acceptors (Lipinski definition) is 4. The molecular weight excluding hydrogens is 584 g/mol. The number of carbonyl (C=O) groups excluding carboxylic acids is 2. The third kappa shape index (κ3) is 8.50. The number of nitrogens with zero attached hydrogens (tertiary/aromatic N) is 2. The van der Waals surface area contributed by atoms with Crippen molar-refractivity contribution in [1.29, 1.82) is 0 Å². The van der Waals surface area contributed by atoms with Gasteiger partial charge in [0, 0.05) is 18.5 Å². The van der Waals surface area contributed by atoms with Crippen LogP contribution in [0, 0.1) is 11.6 Å². The van der Waals surface area contributed by atoms with E-state index in [0.29, 0.717) is 5.56 Å². The van der Waals surface area contributed by atoms with Crippen molar-refractivity contribution < 1.29 is 26.8 Å². The molecule has 10 heteroatoms. The molecule has 0 heterocycles. The van der Waals surface area contributed by atoms with Crippen molar-refractivity contribution in [2.75, 3.05) is 10.8 Å². The van der Waals surface area contributed by atoms with E-state index in [-0.39, 0.29) is 23.5 Å². The van der Waals surface area contributed by atoms with Gasteiger partial charge in [-0.15, -0.1) is 0 Å². The van der Waals surface area contributed by atoms with Crippen LogP contribution in [-0.2, 0) is 32.6 Å². The number of benzene rings is 4. The van der Waals surface area contributed by atoms with Gasteiger partial charge in [-0.1, -0.05) is 60.7 Å². The number of rotatable bonds is 11. The molecule has 4 aromatic carbocycles. The molecule has 1 atom stereocenters. The maximum Gasteiger partial charge on any atom is 0.264 e. The highest BCUT2D eigenvalue weighted by Crippen LogP contribution is 2.25. The highest BCUT2D eigenvalue weighted by molar-refractivity contribution is 7.92. The molecule has 230 valence electrons. The van der Waals surface area contributed by atoms with Crippen LogP contribution in [-0.4, -0.2) is 43.3 Å². The molecule has 0 aromatic heterocycles. The minimum atomic E-state index is -4.29. The molecule has 0 aliphatic rings. The van der Waals surface area contributed by atoms with E-state index in [1.54, 1.807) is 18.2 Å². The first kappa shape index (κ1) is 32.3. The summed E-state index contributed by atoms with van der Waals surface area (Å²) in [6.07, 6.45) is 0.137. The molecule has 44 heavy (non-hydrogen) atoms. The predicted molar refractivity (Wildman–Crippen MR) is 166 cm³/mol. The zero-order valence-corrected chi connectivity index (χ0v) is 25.6. The Hall–Kier alpha value is -4.57. The van der Waals surface area contributed by atoms with Crippen LogP contribution >= 0.6 is 0 Å². The van der Waals surface area contributed by atoms with Crippen molar-refractivity contribution in [3.63, 3.8) is 0 Å². The number of carbonyl (C=O) groups is 2. The van der Waals surface area contributed by atoms with Crippen LogP contribution in [0.5, 0.6) is 0 Å². The van der Waals surface area contributed by atoms with Crippen molar-refractivity contribution in [2.24, 2.45) is 0 Å². The number of halogens is 2. The fraction of sp³-hybridized carbons (Fsp3) is 0.235. The second kappa shape index (κ2) is 13.8. The molecular formula is C34H35F2N3O4S. The lowest BCUT2D eigenvalue weighted by Gasteiger charge is -2.35. The largest absolute Gasteiger partial charge is 0.350 e. The molecule has 0 unspecified atom stereocenters. The first-order valence-corrected chi connectivity index (χ1v) is 15.5. The molecule has 0 fully saturated rings. The molecule has 0 bridgehead atoms. The Morgan fingerprint density at radius 1 is 0.750 bits per heavy atom. The normalized spacial score (nSPS) is 12.3. The maximum atomic E-state index is 14.3. The molecule has 4 rings (SSSR count). The summed E-state index contributed by atoms with van der Waals surface area (Å²) in [5.41, 5.74) is 0.767. The highest BCUT2D eigenvalue weighted by Gasteiger charge is 2.35. The molecule has 0 aliphatic carbocycles. The monoisotopic (exact) mass is 619 g/mol. The van der Waals surface area contributed by atoms with Crippen LogP contribution in [0.2, 0.25) is 0 Å². The Kier molecular flexibility index (Phi) is 10.2. The average molecular weight is 620 g/mol. The third-order valence-electron chi connectivity index (χ3n) is 6.76. The van der Waals surface area contributed by atoms with Crippen molar-refractivity contribution in [2.45, 2.75) is 50.2 Å². The molecule has 7 nitrogen and oxygen atoms in total. The van der Waals surface area contributed by atoms with Crippen molar-refractivity contribution in [3.05, 3.63) is 132 Å². The van der Waals surface area contributed by atoms with Gasteiger partial charge >= 0.3 is 0 Å². The standard InChI is InChI=1S/C34H35F2N3O4S/c1-34(2,3)37-33(41)31(22-25-10-6-4-7-11-25)38(23-26-14-16-27(35)17-15-26)32(40)24-39(29-20-18-28(36)19-21-29)44(42,43)30-12-8-5-9-13-30/h4-21,31H,22-24H2,1-3H3,(H,37,41)/t31-/m0/s1. The van der Waals surface area contributed by atoms with E-state index in [0.717, 1.165) is 22.0 Å². The molecule has 0 spiro atoms. The number of anilines is 1. The van der Waals surface area contributed by atoms with Crippen LogP contribution in [0.4, 0.5) is 14.5 Å². The van der Waals surface area contributed by atoms with Crippen LogP contribution < -0.4 is 9.62 Å². The van der Waals surface area contributed by atoms with Gasteiger partial charge < -0.3 is 10.2 Å². The van der Waals surface area contributed by atoms with Crippen LogP contribution in [0.15, 0.2) is 114 Å². The summed E-state index contributed by atoms with van der Waals surface area (Å²) in [5.74, 6) is -2.15. The van der Waals surface area contributed by atoms with Gasteiger partial charge in [0.25, 0.3) is 10.0 Å². The quantitative estimate of drug-likeness (QED) is 0.233. The summed E-state index contributed by atoms with van der Waals surface area (Å²) in [7, 11) is -4.29. The fourth-order valence-electron chi connectivity index (χ4n) is 4.65. The zero-order valence-electron chi connectivity index (χ0n) is 24.8. The zero-order chi connectivity index (χ0) is 31.9. The lowest BCUT2D eigenvalue weighted by Crippen LogP contribution is -2.56. The molecule has 0 aliphatic heterocycles. The summed E-state index contributed by atoms with van der Waals surface area (Å²) in [4.78, 5) is 29.4. The van der Waals surface area contributed by atoms with E-state index in [2.05, 4.69) is 5.32 Å². The van der Waals surface area contributed by atoms with Crippen LogP contribution in [0.25, 0.3) is 0 Å². The Labute approximate surface area is 257 Å². The summed E-state index contributed by atoms with van der Waals surface area (Å²) in [6, 6.07) is 26.0. The van der Waals surface area contributed by atoms with Gasteiger partial charge in [0.05, 0.1) is 10.6 Å². The van der Waals surface area contributed by atoms with Gasteiger partial charge in [-0.25, -0.2) is 17.2 Å². The molecule has 1 N–H and O–H groups in total.